The Morgan fingerprint density at radius 2 is 2.00 bits per heavy atom. The largest absolute Gasteiger partial charge is 0.475 e. The summed E-state index contributed by atoms with van der Waals surface area (Å²) in [5.74, 6) is -1.21. The number of aromatic nitrogens is 4. The van der Waals surface area contributed by atoms with Gasteiger partial charge in [0.25, 0.3) is 0 Å². The summed E-state index contributed by atoms with van der Waals surface area (Å²) in [6.07, 6.45) is -4.26. The van der Waals surface area contributed by atoms with E-state index in [1.165, 1.54) is 17.8 Å². The summed E-state index contributed by atoms with van der Waals surface area (Å²) in [4.78, 5) is 36.7. The first-order valence-electron chi connectivity index (χ1n) is 12.9. The van der Waals surface area contributed by atoms with Crippen molar-refractivity contribution in [2.45, 2.75) is 77.3 Å². The van der Waals surface area contributed by atoms with E-state index >= 15 is 0 Å². The average Bonchev–Trinajstić information content (AvgIpc) is 3.37. The fraction of sp³-hybridized carbons (Fsp3) is 0.696. The number of imidazole rings is 1. The molecular weight excluding hydrogens is 565 g/mol. The molecule has 41 heavy (non-hydrogen) atoms. The van der Waals surface area contributed by atoms with Crippen LogP contribution in [0.3, 0.4) is 0 Å². The van der Waals surface area contributed by atoms with Crippen LogP contribution in [0.1, 0.15) is 47.3 Å². The first kappa shape index (κ1) is 31.0. The highest BCUT2D eigenvalue weighted by atomic mass is 31.2. The smallest absolute Gasteiger partial charge is 0.463 e. The molecule has 0 bridgehead atoms. The number of carbonyl (C=O) groups excluding carboxylic acids is 2. The van der Waals surface area contributed by atoms with E-state index in [1.807, 2.05) is 0 Å². The van der Waals surface area contributed by atoms with Crippen LogP contribution in [0, 0.1) is 5.41 Å². The quantitative estimate of drug-likeness (QED) is 0.188. The van der Waals surface area contributed by atoms with Crippen LogP contribution in [-0.4, -0.2) is 91.4 Å². The zero-order chi connectivity index (χ0) is 30.3. The molecule has 17 nitrogen and oxygen atoms in total. The topological polar surface area (TPSA) is 245 Å². The van der Waals surface area contributed by atoms with Gasteiger partial charge in [-0.1, -0.05) is 13.8 Å². The van der Waals surface area contributed by atoms with Crippen LogP contribution >= 0.6 is 7.82 Å². The molecule has 2 aliphatic heterocycles. The molecule has 0 aromatic carbocycles. The Morgan fingerprint density at radius 1 is 1.29 bits per heavy atom. The molecule has 1 amide bonds. The van der Waals surface area contributed by atoms with Crippen LogP contribution < -0.4 is 16.8 Å². The fourth-order valence-corrected chi connectivity index (χ4v) is 6.12. The predicted octanol–water partition coefficient (Wildman–Crippen LogP) is 0.0242. The molecule has 2 aromatic rings. The van der Waals surface area contributed by atoms with E-state index < -0.39 is 61.9 Å². The van der Waals surface area contributed by atoms with Gasteiger partial charge >= 0.3 is 13.8 Å². The van der Waals surface area contributed by atoms with Gasteiger partial charge < -0.3 is 36.5 Å². The van der Waals surface area contributed by atoms with Gasteiger partial charge in [0.1, 0.15) is 23.3 Å². The number of hydrogen-bond acceptors (Lipinski definition) is 15. The Labute approximate surface area is 235 Å². The Kier molecular flexibility index (Phi) is 8.62. The SMILES string of the molecule is CC(C)OC(=O)CCNC(=O)[C@@H]1OP(=O)(OC[C@H]2O[C@@H](n3cnc4c(N)nc(N)nc43)C(C)(O)[C@H]2O)OCC1(C)C. The standard InChI is InChI=1S/C23H36N7O10P/c1-11(2)38-13(31)6-7-26-19(33)16-22(3,4)9-37-41(35,40-16)36-8-12-15(32)23(5,34)20(39-12)30-10-27-14-17(24)28-21(25)29-18(14)30/h10-12,15-16,20,32,34H,6-9H2,1-5H3,(H,26,33)(H4,24,25,28,29)/t12-,15+,16+,20-,23?,41?/m1/s1. The number of fused-ring (bicyclic) bond motifs is 1. The molecule has 2 saturated heterocycles. The van der Waals surface area contributed by atoms with Gasteiger partial charge in [-0.05, 0) is 20.8 Å². The van der Waals surface area contributed by atoms with Gasteiger partial charge in [-0.15, -0.1) is 0 Å². The van der Waals surface area contributed by atoms with E-state index in [0.29, 0.717) is 0 Å². The van der Waals surface area contributed by atoms with E-state index in [-0.39, 0.29) is 48.6 Å². The molecule has 0 saturated carbocycles. The maximum absolute atomic E-state index is 13.3. The van der Waals surface area contributed by atoms with Gasteiger partial charge in [-0.25, -0.2) is 9.55 Å². The highest BCUT2D eigenvalue weighted by Gasteiger charge is 2.55. The minimum absolute atomic E-state index is 0.0178. The van der Waals surface area contributed by atoms with Gasteiger partial charge in [0.15, 0.2) is 23.8 Å². The van der Waals surface area contributed by atoms with Crippen molar-refractivity contribution in [2.24, 2.45) is 5.41 Å². The molecule has 18 heteroatoms. The maximum atomic E-state index is 13.3. The van der Waals surface area contributed by atoms with Crippen LogP contribution in [0.2, 0.25) is 0 Å². The number of nitrogens with one attached hydrogen (secondary N) is 1. The minimum atomic E-state index is -4.32. The van der Waals surface area contributed by atoms with Gasteiger partial charge in [0, 0.05) is 12.0 Å². The van der Waals surface area contributed by atoms with Gasteiger partial charge in [0.05, 0.1) is 32.1 Å². The number of esters is 1. The molecule has 0 spiro atoms. The lowest BCUT2D eigenvalue weighted by Gasteiger charge is -2.39. The monoisotopic (exact) mass is 601 g/mol. The van der Waals surface area contributed by atoms with E-state index in [0.717, 1.165) is 0 Å². The number of anilines is 2. The highest BCUT2D eigenvalue weighted by Crippen LogP contribution is 2.57. The Morgan fingerprint density at radius 3 is 2.68 bits per heavy atom. The molecule has 2 unspecified atom stereocenters. The first-order valence-corrected chi connectivity index (χ1v) is 14.4. The Balaban J connectivity index is 1.42. The fourth-order valence-electron chi connectivity index (χ4n) is 4.47. The van der Waals surface area contributed by atoms with E-state index in [4.69, 9.17) is 34.5 Å². The van der Waals surface area contributed by atoms with E-state index in [9.17, 15) is 24.4 Å². The second-order valence-corrected chi connectivity index (χ2v) is 12.7. The third-order valence-corrected chi connectivity index (χ3v) is 8.02. The number of carbonyl (C=O) groups is 2. The predicted molar refractivity (Wildman–Crippen MR) is 142 cm³/mol. The molecule has 2 aromatic heterocycles. The first-order chi connectivity index (χ1) is 19.0. The number of hydrogen-bond donors (Lipinski definition) is 5. The molecule has 6 atom stereocenters. The lowest BCUT2D eigenvalue weighted by Crippen LogP contribution is -2.50. The van der Waals surface area contributed by atoms with Crippen LogP contribution in [-0.2, 0) is 37.2 Å². The van der Waals surface area contributed by atoms with E-state index in [1.54, 1.807) is 27.7 Å². The lowest BCUT2D eigenvalue weighted by atomic mass is 9.87. The van der Waals surface area contributed by atoms with Crippen molar-refractivity contribution in [1.29, 1.82) is 0 Å². The van der Waals surface area contributed by atoms with Crippen molar-refractivity contribution in [3.63, 3.8) is 0 Å². The summed E-state index contributed by atoms with van der Waals surface area (Å²) in [7, 11) is -4.32. The number of ether oxygens (including phenoxy) is 2. The number of phosphoric acid groups is 1. The molecule has 4 rings (SSSR count). The van der Waals surface area contributed by atoms with Crippen molar-refractivity contribution in [1.82, 2.24) is 24.8 Å². The third-order valence-electron chi connectivity index (χ3n) is 6.64. The summed E-state index contributed by atoms with van der Waals surface area (Å²) < 4.78 is 41.9. The van der Waals surface area contributed by atoms with E-state index in [2.05, 4.69) is 20.3 Å². The minimum Gasteiger partial charge on any atom is -0.463 e. The Hall–Kier alpha value is -2.92. The maximum Gasteiger partial charge on any atom is 0.475 e. The number of aliphatic hydroxyl groups is 2. The molecule has 228 valence electrons. The number of nitrogen functional groups attached to an aromatic ring is 2. The summed E-state index contributed by atoms with van der Waals surface area (Å²) in [5, 5.41) is 24.5. The highest BCUT2D eigenvalue weighted by molar-refractivity contribution is 7.48. The third kappa shape index (κ3) is 6.45. The number of phosphoric ester groups is 1. The van der Waals surface area contributed by atoms with Gasteiger partial charge in [0.2, 0.25) is 11.9 Å². The molecule has 0 radical (unpaired) electrons. The van der Waals surface area contributed by atoms with Gasteiger partial charge in [-0.3, -0.25) is 27.7 Å². The van der Waals surface area contributed by atoms with Gasteiger partial charge in [-0.2, -0.15) is 9.97 Å². The van der Waals surface area contributed by atoms with Crippen molar-refractivity contribution in [3.8, 4) is 0 Å². The second kappa shape index (κ2) is 11.4. The van der Waals surface area contributed by atoms with Crippen molar-refractivity contribution in [2.75, 3.05) is 31.2 Å². The van der Waals surface area contributed by atoms with Crippen molar-refractivity contribution >= 4 is 42.6 Å². The normalized spacial score (nSPS) is 31.4. The molecular formula is C23H36N7O10P. The van der Waals surface area contributed by atoms with Crippen molar-refractivity contribution in [3.05, 3.63) is 6.33 Å². The number of aliphatic hydroxyl groups excluding tert-OH is 1. The van der Waals surface area contributed by atoms with Crippen molar-refractivity contribution < 1.29 is 47.4 Å². The van der Waals surface area contributed by atoms with Crippen LogP contribution in [0.4, 0.5) is 11.8 Å². The molecule has 2 fully saturated rings. The average molecular weight is 602 g/mol. The second-order valence-electron chi connectivity index (χ2n) is 11.1. The summed E-state index contributed by atoms with van der Waals surface area (Å²) >= 11 is 0. The zero-order valence-electron chi connectivity index (χ0n) is 23.3. The van der Waals surface area contributed by atoms with Crippen LogP contribution in [0.15, 0.2) is 6.33 Å². The summed E-state index contributed by atoms with van der Waals surface area (Å²) in [6.45, 7) is 7.40. The zero-order valence-corrected chi connectivity index (χ0v) is 24.2. The number of amides is 1. The number of rotatable bonds is 9. The Bertz CT molecular complexity index is 1350. The summed E-state index contributed by atoms with van der Waals surface area (Å²) in [5.41, 5.74) is 9.15. The number of nitrogens with two attached hydrogens (primary N) is 2. The molecule has 2 aliphatic rings. The molecule has 4 heterocycles. The summed E-state index contributed by atoms with van der Waals surface area (Å²) in [6, 6.07) is 0. The molecule has 7 N–H and O–H groups in total. The van der Waals surface area contributed by atoms with Crippen LogP contribution in [0.5, 0.6) is 0 Å². The van der Waals surface area contributed by atoms with Crippen LogP contribution in [0.25, 0.3) is 11.2 Å². The molecule has 0 aliphatic carbocycles. The number of nitrogens with zero attached hydrogens (tertiary/aromatic N) is 4. The lowest BCUT2D eigenvalue weighted by molar-refractivity contribution is -0.147.